The number of primary amides is 1. The summed E-state index contributed by atoms with van der Waals surface area (Å²) in [5, 5.41) is 3.63. The minimum Gasteiger partial charge on any atom is -0.368 e. The third kappa shape index (κ3) is 4.01. The largest absolute Gasteiger partial charge is 0.368 e. The maximum absolute atomic E-state index is 12.5. The van der Waals surface area contributed by atoms with Gasteiger partial charge in [-0.05, 0) is 24.6 Å². The highest BCUT2D eigenvalue weighted by molar-refractivity contribution is 5.97. The Morgan fingerprint density at radius 3 is 2.48 bits per heavy atom. The molecule has 0 unspecified atom stereocenters. The summed E-state index contributed by atoms with van der Waals surface area (Å²) in [5.74, 6) is -0.989. The molecule has 1 aromatic heterocycles. The summed E-state index contributed by atoms with van der Waals surface area (Å²) in [6.45, 7) is 1.99. The zero-order valence-electron chi connectivity index (χ0n) is 13.9. The van der Waals surface area contributed by atoms with Crippen LogP contribution in [-0.4, -0.2) is 22.8 Å². The average Bonchev–Trinajstić information content (AvgIpc) is 2.62. The van der Waals surface area contributed by atoms with E-state index < -0.39 is 17.9 Å². The van der Waals surface area contributed by atoms with Crippen LogP contribution in [0, 0.1) is 6.92 Å². The van der Waals surface area contributed by atoms with Crippen molar-refractivity contribution in [2.75, 3.05) is 0 Å². The predicted molar refractivity (Wildman–Crippen MR) is 97.1 cm³/mol. The van der Waals surface area contributed by atoms with Crippen molar-refractivity contribution in [3.8, 4) is 0 Å². The predicted octanol–water partition coefficient (Wildman–Crippen LogP) is 2.37. The molecule has 3 rings (SSSR count). The number of nitrogens with one attached hydrogen (secondary N) is 1. The fraction of sp³-hybridized carbons (Fsp3) is 0.150. The SMILES string of the molecule is Cc1ccc(C[C@@H](NC(=O)c2ccc3ccccc3n2)C(N)=O)cc1. The second-order valence-corrected chi connectivity index (χ2v) is 6.01. The Morgan fingerprint density at radius 2 is 1.76 bits per heavy atom. The molecule has 2 amide bonds. The standard InChI is InChI=1S/C20H19N3O2/c1-13-6-8-14(9-7-13)12-18(19(21)24)23-20(25)17-11-10-15-4-2-3-5-16(15)22-17/h2-11,18H,12H2,1H3,(H2,21,24)(H,23,25)/t18-/m1/s1. The molecule has 1 heterocycles. The molecule has 0 aliphatic heterocycles. The molecule has 1 atom stereocenters. The Morgan fingerprint density at radius 1 is 1.04 bits per heavy atom. The van der Waals surface area contributed by atoms with Crippen LogP contribution in [0.3, 0.4) is 0 Å². The van der Waals surface area contributed by atoms with Crippen molar-refractivity contribution in [3.05, 3.63) is 77.5 Å². The fourth-order valence-corrected chi connectivity index (χ4v) is 2.61. The van der Waals surface area contributed by atoms with Crippen molar-refractivity contribution in [2.24, 2.45) is 5.73 Å². The number of pyridine rings is 1. The summed E-state index contributed by atoms with van der Waals surface area (Å²) < 4.78 is 0. The molecule has 0 radical (unpaired) electrons. The molecule has 0 saturated carbocycles. The summed E-state index contributed by atoms with van der Waals surface area (Å²) in [6.07, 6.45) is 0.342. The van der Waals surface area contributed by atoms with E-state index >= 15 is 0 Å². The Kier molecular flexibility index (Phi) is 4.75. The summed E-state index contributed by atoms with van der Waals surface area (Å²) in [6, 6.07) is 18.0. The Hall–Kier alpha value is -3.21. The number of hydrogen-bond donors (Lipinski definition) is 2. The maximum atomic E-state index is 12.5. The van der Waals surface area contributed by atoms with Gasteiger partial charge in [0.05, 0.1) is 5.52 Å². The maximum Gasteiger partial charge on any atom is 0.270 e. The van der Waals surface area contributed by atoms with Gasteiger partial charge in [-0.1, -0.05) is 54.1 Å². The molecule has 0 bridgehead atoms. The van der Waals surface area contributed by atoms with E-state index in [2.05, 4.69) is 10.3 Å². The lowest BCUT2D eigenvalue weighted by atomic mass is 10.0. The first-order valence-electron chi connectivity index (χ1n) is 8.04. The first-order chi connectivity index (χ1) is 12.0. The number of nitrogens with zero attached hydrogens (tertiary/aromatic N) is 1. The van der Waals surface area contributed by atoms with Crippen LogP contribution >= 0.6 is 0 Å². The van der Waals surface area contributed by atoms with Gasteiger partial charge < -0.3 is 11.1 Å². The van der Waals surface area contributed by atoms with Crippen molar-refractivity contribution >= 4 is 22.7 Å². The summed E-state index contributed by atoms with van der Waals surface area (Å²) in [7, 11) is 0. The molecule has 5 heteroatoms. The third-order valence-corrected chi connectivity index (χ3v) is 4.04. The molecule has 0 spiro atoms. The molecule has 0 aliphatic carbocycles. The van der Waals surface area contributed by atoms with Gasteiger partial charge in [-0.15, -0.1) is 0 Å². The first kappa shape index (κ1) is 16.6. The fourth-order valence-electron chi connectivity index (χ4n) is 2.61. The third-order valence-electron chi connectivity index (χ3n) is 4.04. The number of aryl methyl sites for hydroxylation is 1. The van der Waals surface area contributed by atoms with Gasteiger partial charge in [-0.3, -0.25) is 9.59 Å². The molecule has 3 aromatic rings. The molecule has 5 nitrogen and oxygen atoms in total. The zero-order valence-corrected chi connectivity index (χ0v) is 13.9. The van der Waals surface area contributed by atoms with Gasteiger partial charge in [0.25, 0.3) is 5.91 Å². The number of carbonyl (C=O) groups is 2. The minimum absolute atomic E-state index is 0.258. The van der Waals surface area contributed by atoms with Crippen LogP contribution < -0.4 is 11.1 Å². The van der Waals surface area contributed by atoms with E-state index in [0.29, 0.717) is 6.42 Å². The van der Waals surface area contributed by atoms with Gasteiger partial charge in [0.1, 0.15) is 11.7 Å². The van der Waals surface area contributed by atoms with Gasteiger partial charge in [0.15, 0.2) is 0 Å². The number of benzene rings is 2. The zero-order chi connectivity index (χ0) is 17.8. The van der Waals surface area contributed by atoms with E-state index in [0.717, 1.165) is 22.0 Å². The van der Waals surface area contributed by atoms with E-state index in [1.807, 2.05) is 61.5 Å². The Bertz CT molecular complexity index is 920. The van der Waals surface area contributed by atoms with Gasteiger partial charge in [0, 0.05) is 11.8 Å². The number of rotatable bonds is 5. The lowest BCUT2D eigenvalue weighted by Gasteiger charge is -2.15. The smallest absolute Gasteiger partial charge is 0.270 e. The van der Waals surface area contributed by atoms with E-state index in [1.165, 1.54) is 0 Å². The van der Waals surface area contributed by atoms with Gasteiger partial charge in [-0.25, -0.2) is 4.98 Å². The molecule has 2 aromatic carbocycles. The number of nitrogens with two attached hydrogens (primary N) is 1. The molecular weight excluding hydrogens is 314 g/mol. The van der Waals surface area contributed by atoms with Crippen molar-refractivity contribution in [3.63, 3.8) is 0 Å². The lowest BCUT2D eigenvalue weighted by molar-refractivity contribution is -0.119. The number of para-hydroxylation sites is 1. The van der Waals surface area contributed by atoms with Crippen LogP contribution in [0.5, 0.6) is 0 Å². The van der Waals surface area contributed by atoms with Crippen LogP contribution in [0.25, 0.3) is 10.9 Å². The average molecular weight is 333 g/mol. The number of carbonyl (C=O) groups excluding carboxylic acids is 2. The van der Waals surface area contributed by atoms with Crippen LogP contribution in [0.4, 0.5) is 0 Å². The highest BCUT2D eigenvalue weighted by Gasteiger charge is 2.20. The topological polar surface area (TPSA) is 85.1 Å². The normalized spacial score (nSPS) is 11.9. The first-order valence-corrected chi connectivity index (χ1v) is 8.04. The molecule has 3 N–H and O–H groups in total. The van der Waals surface area contributed by atoms with Crippen molar-refractivity contribution < 1.29 is 9.59 Å². The van der Waals surface area contributed by atoms with Crippen molar-refractivity contribution in [1.29, 1.82) is 0 Å². The minimum atomic E-state index is -0.788. The highest BCUT2D eigenvalue weighted by Crippen LogP contribution is 2.12. The Labute approximate surface area is 145 Å². The number of amides is 2. The lowest BCUT2D eigenvalue weighted by Crippen LogP contribution is -2.46. The second-order valence-electron chi connectivity index (χ2n) is 6.01. The van der Waals surface area contributed by atoms with E-state index in [1.54, 1.807) is 6.07 Å². The number of fused-ring (bicyclic) bond motifs is 1. The van der Waals surface area contributed by atoms with Crippen molar-refractivity contribution in [2.45, 2.75) is 19.4 Å². The van der Waals surface area contributed by atoms with E-state index in [-0.39, 0.29) is 5.69 Å². The van der Waals surface area contributed by atoms with Gasteiger partial charge in [-0.2, -0.15) is 0 Å². The summed E-state index contributed by atoms with van der Waals surface area (Å²) in [5.41, 5.74) is 8.50. The van der Waals surface area contributed by atoms with Crippen LogP contribution in [0.1, 0.15) is 21.6 Å². The van der Waals surface area contributed by atoms with Crippen LogP contribution in [0.15, 0.2) is 60.7 Å². The van der Waals surface area contributed by atoms with E-state index in [4.69, 9.17) is 5.73 Å². The monoisotopic (exact) mass is 333 g/mol. The molecule has 0 aliphatic rings. The van der Waals surface area contributed by atoms with E-state index in [9.17, 15) is 9.59 Å². The molecule has 25 heavy (non-hydrogen) atoms. The van der Waals surface area contributed by atoms with Crippen LogP contribution in [-0.2, 0) is 11.2 Å². The van der Waals surface area contributed by atoms with Crippen LogP contribution in [0.2, 0.25) is 0 Å². The molecule has 0 saturated heterocycles. The van der Waals surface area contributed by atoms with Gasteiger partial charge in [0.2, 0.25) is 5.91 Å². The number of hydrogen-bond acceptors (Lipinski definition) is 3. The molecular formula is C20H19N3O2. The quantitative estimate of drug-likeness (QED) is 0.752. The Balaban J connectivity index is 1.77. The van der Waals surface area contributed by atoms with Gasteiger partial charge >= 0.3 is 0 Å². The van der Waals surface area contributed by atoms with Crippen molar-refractivity contribution in [1.82, 2.24) is 10.3 Å². The highest BCUT2D eigenvalue weighted by atomic mass is 16.2. The summed E-state index contributed by atoms with van der Waals surface area (Å²) >= 11 is 0. The second kappa shape index (κ2) is 7.13. The molecule has 0 fully saturated rings. The summed E-state index contributed by atoms with van der Waals surface area (Å²) in [4.78, 5) is 28.5. The molecule has 126 valence electrons. The number of aromatic nitrogens is 1.